The summed E-state index contributed by atoms with van der Waals surface area (Å²) in [5.41, 5.74) is 2.50. The van der Waals surface area contributed by atoms with Crippen LogP contribution in [0.15, 0.2) is 24.3 Å². The molecule has 1 amide bonds. The minimum Gasteiger partial charge on any atom is -0.343 e. The van der Waals surface area contributed by atoms with Crippen LogP contribution in [0.5, 0.6) is 0 Å². The smallest absolute Gasteiger partial charge is 0.222 e. The number of rotatable bonds is 5. The van der Waals surface area contributed by atoms with Crippen molar-refractivity contribution in [2.75, 3.05) is 31.1 Å². The van der Waals surface area contributed by atoms with Crippen LogP contribution in [0.25, 0.3) is 0 Å². The summed E-state index contributed by atoms with van der Waals surface area (Å²) in [7, 11) is 0. The molecule has 0 aliphatic carbocycles. The van der Waals surface area contributed by atoms with Gasteiger partial charge in [0.1, 0.15) is 5.82 Å². The van der Waals surface area contributed by atoms with Crippen LogP contribution >= 0.6 is 11.5 Å². The summed E-state index contributed by atoms with van der Waals surface area (Å²) in [6.07, 6.45) is 2.34. The third kappa shape index (κ3) is 4.12. The molecule has 2 heterocycles. The molecule has 1 saturated heterocycles. The molecule has 0 saturated carbocycles. The first-order valence-corrected chi connectivity index (χ1v) is 9.34. The highest BCUT2D eigenvalue weighted by Crippen LogP contribution is 2.21. The number of hydrogen-bond acceptors (Lipinski definition) is 5. The van der Waals surface area contributed by atoms with Gasteiger partial charge in [0.25, 0.3) is 0 Å². The number of aromatic nitrogens is 2. The number of anilines is 1. The summed E-state index contributed by atoms with van der Waals surface area (Å²) in [6, 6.07) is 8.51. The largest absolute Gasteiger partial charge is 0.343 e. The lowest BCUT2D eigenvalue weighted by Gasteiger charge is -2.34. The molecule has 0 radical (unpaired) electrons. The van der Waals surface area contributed by atoms with Crippen molar-refractivity contribution in [1.82, 2.24) is 14.3 Å². The number of nitrogens with zero attached hydrogens (tertiary/aromatic N) is 4. The van der Waals surface area contributed by atoms with Gasteiger partial charge in [-0.15, -0.1) is 0 Å². The molecule has 0 atom stereocenters. The topological polar surface area (TPSA) is 49.3 Å². The van der Waals surface area contributed by atoms with Crippen molar-refractivity contribution in [2.45, 2.75) is 33.1 Å². The lowest BCUT2D eigenvalue weighted by Crippen LogP contribution is -2.48. The Kier molecular flexibility index (Phi) is 5.45. The third-order valence-electron chi connectivity index (χ3n) is 4.31. The average molecular weight is 344 g/mol. The number of hydrogen-bond donors (Lipinski definition) is 0. The molecule has 2 aromatic rings. The number of piperazine rings is 1. The maximum Gasteiger partial charge on any atom is 0.222 e. The molecular formula is C18H24N4OS. The zero-order valence-corrected chi connectivity index (χ0v) is 15.2. The predicted octanol–water partition coefficient (Wildman–Crippen LogP) is 2.89. The van der Waals surface area contributed by atoms with Gasteiger partial charge < -0.3 is 9.80 Å². The van der Waals surface area contributed by atoms with Gasteiger partial charge in [0.05, 0.1) is 0 Å². The molecule has 6 heteroatoms. The van der Waals surface area contributed by atoms with E-state index in [-0.39, 0.29) is 5.91 Å². The Labute approximate surface area is 147 Å². The van der Waals surface area contributed by atoms with Crippen molar-refractivity contribution in [2.24, 2.45) is 0 Å². The average Bonchev–Trinajstić information content (AvgIpc) is 3.06. The molecule has 0 spiro atoms. The van der Waals surface area contributed by atoms with E-state index >= 15 is 0 Å². The van der Waals surface area contributed by atoms with Crippen molar-refractivity contribution in [3.8, 4) is 0 Å². The minimum atomic E-state index is 0.273. The summed E-state index contributed by atoms with van der Waals surface area (Å²) in [4.78, 5) is 20.9. The van der Waals surface area contributed by atoms with Crippen molar-refractivity contribution in [3.05, 3.63) is 41.2 Å². The summed E-state index contributed by atoms with van der Waals surface area (Å²) in [5, 5.41) is 0.972. The van der Waals surface area contributed by atoms with Gasteiger partial charge in [-0.3, -0.25) is 4.79 Å². The van der Waals surface area contributed by atoms with Crippen LogP contribution in [0.1, 0.15) is 36.7 Å². The molecule has 1 aliphatic rings. The fourth-order valence-corrected chi connectivity index (χ4v) is 3.59. The maximum absolute atomic E-state index is 12.0. The summed E-state index contributed by atoms with van der Waals surface area (Å²) in [5.74, 6) is 1.15. The monoisotopic (exact) mass is 344 g/mol. The molecule has 1 fully saturated rings. The summed E-state index contributed by atoms with van der Waals surface area (Å²) < 4.78 is 4.50. The molecule has 3 rings (SSSR count). The van der Waals surface area contributed by atoms with Crippen LogP contribution in [0.2, 0.25) is 0 Å². The summed E-state index contributed by atoms with van der Waals surface area (Å²) in [6.45, 7) is 7.39. The zero-order chi connectivity index (χ0) is 16.9. The SMILES string of the molecule is CCCC(=O)N1CCN(c2nc(Cc3ccc(C)cc3)ns2)CC1. The van der Waals surface area contributed by atoms with E-state index in [2.05, 4.69) is 45.4 Å². The van der Waals surface area contributed by atoms with Crippen LogP contribution in [-0.2, 0) is 11.2 Å². The Balaban J connectivity index is 1.56. The number of amides is 1. The Bertz CT molecular complexity index is 675. The highest BCUT2D eigenvalue weighted by molar-refractivity contribution is 7.09. The second kappa shape index (κ2) is 7.75. The molecule has 0 unspecified atom stereocenters. The van der Waals surface area contributed by atoms with Crippen LogP contribution in [0.4, 0.5) is 5.13 Å². The van der Waals surface area contributed by atoms with Crippen LogP contribution < -0.4 is 4.90 Å². The second-order valence-corrected chi connectivity index (χ2v) is 7.00. The van der Waals surface area contributed by atoms with Crippen molar-refractivity contribution in [1.29, 1.82) is 0 Å². The van der Waals surface area contributed by atoms with E-state index in [4.69, 9.17) is 0 Å². The Hall–Kier alpha value is -1.95. The van der Waals surface area contributed by atoms with Gasteiger partial charge in [0.2, 0.25) is 11.0 Å². The van der Waals surface area contributed by atoms with Gasteiger partial charge in [-0.05, 0) is 18.9 Å². The Morgan fingerprint density at radius 2 is 1.88 bits per heavy atom. The first-order chi connectivity index (χ1) is 11.7. The van der Waals surface area contributed by atoms with E-state index in [0.717, 1.165) is 50.0 Å². The van der Waals surface area contributed by atoms with Crippen molar-refractivity contribution < 1.29 is 4.79 Å². The fraction of sp³-hybridized carbons (Fsp3) is 0.500. The zero-order valence-electron chi connectivity index (χ0n) is 14.4. The predicted molar refractivity (Wildman–Crippen MR) is 97.6 cm³/mol. The van der Waals surface area contributed by atoms with Gasteiger partial charge in [0, 0.05) is 50.6 Å². The molecule has 0 N–H and O–H groups in total. The van der Waals surface area contributed by atoms with Crippen LogP contribution in [0.3, 0.4) is 0 Å². The molecule has 1 aromatic carbocycles. The van der Waals surface area contributed by atoms with Crippen LogP contribution in [0, 0.1) is 6.92 Å². The molecule has 128 valence electrons. The second-order valence-electron chi connectivity index (χ2n) is 6.27. The molecular weight excluding hydrogens is 320 g/mol. The van der Waals surface area contributed by atoms with E-state index in [1.165, 1.54) is 22.7 Å². The first kappa shape index (κ1) is 16.9. The minimum absolute atomic E-state index is 0.273. The lowest BCUT2D eigenvalue weighted by molar-refractivity contribution is -0.131. The van der Waals surface area contributed by atoms with E-state index in [9.17, 15) is 4.79 Å². The normalized spacial score (nSPS) is 14.9. The van der Waals surface area contributed by atoms with Crippen molar-refractivity contribution in [3.63, 3.8) is 0 Å². The quantitative estimate of drug-likeness (QED) is 0.837. The van der Waals surface area contributed by atoms with Gasteiger partial charge in [-0.25, -0.2) is 4.98 Å². The van der Waals surface area contributed by atoms with Gasteiger partial charge in [-0.2, -0.15) is 4.37 Å². The number of carbonyl (C=O) groups excluding carboxylic acids is 1. The van der Waals surface area contributed by atoms with E-state index in [1.807, 2.05) is 11.8 Å². The summed E-state index contributed by atoms with van der Waals surface area (Å²) >= 11 is 1.46. The van der Waals surface area contributed by atoms with E-state index < -0.39 is 0 Å². The highest BCUT2D eigenvalue weighted by atomic mass is 32.1. The molecule has 1 aliphatic heterocycles. The lowest BCUT2D eigenvalue weighted by atomic mass is 10.1. The van der Waals surface area contributed by atoms with Gasteiger partial charge >= 0.3 is 0 Å². The highest BCUT2D eigenvalue weighted by Gasteiger charge is 2.22. The molecule has 24 heavy (non-hydrogen) atoms. The maximum atomic E-state index is 12.0. The fourth-order valence-electron chi connectivity index (χ4n) is 2.85. The van der Waals surface area contributed by atoms with Crippen molar-refractivity contribution >= 4 is 22.6 Å². The number of aryl methyl sites for hydroxylation is 1. The van der Waals surface area contributed by atoms with Gasteiger partial charge in [0.15, 0.2) is 0 Å². The molecule has 0 bridgehead atoms. The number of carbonyl (C=O) groups is 1. The van der Waals surface area contributed by atoms with Gasteiger partial charge in [-0.1, -0.05) is 36.8 Å². The standard InChI is InChI=1S/C18H24N4OS/c1-3-4-17(23)21-9-11-22(12-10-21)18-19-16(20-24-18)13-15-7-5-14(2)6-8-15/h5-8H,3-4,9-13H2,1-2H3. The van der Waals surface area contributed by atoms with E-state index in [0.29, 0.717) is 6.42 Å². The molecule has 5 nitrogen and oxygen atoms in total. The van der Waals surface area contributed by atoms with Crippen LogP contribution in [-0.4, -0.2) is 46.3 Å². The Morgan fingerprint density at radius 3 is 2.54 bits per heavy atom. The van der Waals surface area contributed by atoms with E-state index in [1.54, 1.807) is 0 Å². The third-order valence-corrected chi connectivity index (χ3v) is 5.12. The number of benzene rings is 1. The first-order valence-electron chi connectivity index (χ1n) is 8.56. The molecule has 1 aromatic heterocycles. The Morgan fingerprint density at radius 1 is 1.17 bits per heavy atom.